The van der Waals surface area contributed by atoms with Crippen LogP contribution in [-0.4, -0.2) is 45.8 Å². The quantitative estimate of drug-likeness (QED) is 0.777. The van der Waals surface area contributed by atoms with Gasteiger partial charge in [0.1, 0.15) is 6.04 Å². The molecule has 29 heavy (non-hydrogen) atoms. The second-order valence-corrected chi connectivity index (χ2v) is 9.33. The first-order valence-corrected chi connectivity index (χ1v) is 11.7. The van der Waals surface area contributed by atoms with Crippen molar-refractivity contribution in [3.8, 4) is 0 Å². The molecule has 150 valence electrons. The van der Waals surface area contributed by atoms with E-state index < -0.39 is 0 Å². The van der Waals surface area contributed by atoms with Gasteiger partial charge >= 0.3 is 0 Å². The summed E-state index contributed by atoms with van der Waals surface area (Å²) >= 11 is 1.70. The van der Waals surface area contributed by atoms with Crippen LogP contribution in [0.2, 0.25) is 0 Å². The first-order valence-electron chi connectivity index (χ1n) is 10.5. The highest BCUT2D eigenvalue weighted by Crippen LogP contribution is 2.36. The van der Waals surface area contributed by atoms with Crippen LogP contribution in [0, 0.1) is 5.92 Å². The second-order valence-electron chi connectivity index (χ2n) is 8.33. The van der Waals surface area contributed by atoms with Crippen LogP contribution in [0.4, 0.5) is 0 Å². The Kier molecular flexibility index (Phi) is 5.08. The fraction of sp³-hybridized carbons (Fsp3) is 0.417. The van der Waals surface area contributed by atoms with Gasteiger partial charge in [0, 0.05) is 30.7 Å². The number of benzene rings is 2. The third-order valence-electron chi connectivity index (χ3n) is 6.61. The molecule has 2 atom stereocenters. The smallest absolute Gasteiger partial charge is 0.246 e. The zero-order valence-corrected chi connectivity index (χ0v) is 17.3. The topological polar surface area (TPSA) is 40.6 Å². The maximum absolute atomic E-state index is 13.5. The normalized spacial score (nSPS) is 24.1. The van der Waals surface area contributed by atoms with Crippen LogP contribution >= 0.6 is 11.8 Å². The molecule has 2 aromatic rings. The van der Waals surface area contributed by atoms with E-state index in [4.69, 9.17) is 0 Å². The highest BCUT2D eigenvalue weighted by atomic mass is 32.2. The monoisotopic (exact) mass is 406 g/mol. The summed E-state index contributed by atoms with van der Waals surface area (Å²) in [5, 5.41) is 0. The van der Waals surface area contributed by atoms with Crippen molar-refractivity contribution < 1.29 is 9.59 Å². The number of thioether (sulfide) groups is 1. The third-order valence-corrected chi connectivity index (χ3v) is 7.63. The predicted octanol–water partition coefficient (Wildman–Crippen LogP) is 3.86. The van der Waals surface area contributed by atoms with Gasteiger partial charge in [-0.1, -0.05) is 61.0 Å². The fourth-order valence-corrected chi connectivity index (χ4v) is 5.87. The molecule has 0 aromatic heterocycles. The van der Waals surface area contributed by atoms with Crippen LogP contribution in [0.25, 0.3) is 0 Å². The van der Waals surface area contributed by atoms with E-state index in [1.54, 1.807) is 11.8 Å². The number of rotatable bonds is 3. The van der Waals surface area contributed by atoms with Crippen LogP contribution in [0.15, 0.2) is 54.6 Å². The highest BCUT2D eigenvalue weighted by molar-refractivity contribution is 7.99. The Labute approximate surface area is 176 Å². The number of carbonyl (C=O) groups is 2. The van der Waals surface area contributed by atoms with Crippen LogP contribution in [0.3, 0.4) is 0 Å². The maximum atomic E-state index is 13.5. The van der Waals surface area contributed by atoms with Gasteiger partial charge in [-0.3, -0.25) is 9.59 Å². The van der Waals surface area contributed by atoms with E-state index in [1.165, 1.54) is 16.7 Å². The standard InChI is InChI=1S/C24H26N2O2S/c27-23(18-10-6-11-18)26-16-29-15-22(26)24(28)25-13-19-9-4-5-12-20(19)21(14-25)17-7-2-1-3-8-17/h1-5,7-9,12,18,21-22H,6,10-11,13-16H2. The molecule has 2 unspecified atom stereocenters. The van der Waals surface area contributed by atoms with Crippen LogP contribution in [0.1, 0.15) is 41.9 Å². The van der Waals surface area contributed by atoms with Crippen molar-refractivity contribution in [2.24, 2.45) is 5.92 Å². The summed E-state index contributed by atoms with van der Waals surface area (Å²) in [6.45, 7) is 1.30. The Bertz CT molecular complexity index is 912. The average Bonchev–Trinajstić information content (AvgIpc) is 3.21. The predicted molar refractivity (Wildman–Crippen MR) is 115 cm³/mol. The van der Waals surface area contributed by atoms with Gasteiger partial charge < -0.3 is 9.80 Å². The zero-order chi connectivity index (χ0) is 19.8. The molecule has 1 saturated carbocycles. The summed E-state index contributed by atoms with van der Waals surface area (Å²) in [4.78, 5) is 30.2. The van der Waals surface area contributed by atoms with Crippen molar-refractivity contribution in [1.29, 1.82) is 0 Å². The first-order chi connectivity index (χ1) is 14.2. The van der Waals surface area contributed by atoms with Gasteiger partial charge in [0.2, 0.25) is 11.8 Å². The SMILES string of the molecule is O=C(C1CSCN1C(=O)C1CCC1)N1Cc2ccccc2C(c2ccccc2)C1. The van der Waals surface area contributed by atoms with Crippen LogP contribution in [0.5, 0.6) is 0 Å². The van der Waals surface area contributed by atoms with Crippen LogP contribution < -0.4 is 0 Å². The second kappa shape index (κ2) is 7.86. The summed E-state index contributed by atoms with van der Waals surface area (Å²) < 4.78 is 0. The van der Waals surface area contributed by atoms with E-state index in [1.807, 2.05) is 21.9 Å². The Morgan fingerprint density at radius 1 is 0.931 bits per heavy atom. The number of hydrogen-bond donors (Lipinski definition) is 0. The molecule has 0 spiro atoms. The third kappa shape index (κ3) is 3.46. The van der Waals surface area contributed by atoms with Crippen molar-refractivity contribution in [3.63, 3.8) is 0 Å². The van der Waals surface area contributed by atoms with Gasteiger partial charge in [-0.15, -0.1) is 11.8 Å². The van der Waals surface area contributed by atoms with Crippen molar-refractivity contribution in [2.45, 2.75) is 37.8 Å². The largest absolute Gasteiger partial charge is 0.336 e. The van der Waals surface area contributed by atoms with E-state index in [2.05, 4.69) is 42.5 Å². The molecule has 0 bridgehead atoms. The molecule has 2 aromatic carbocycles. The summed E-state index contributed by atoms with van der Waals surface area (Å²) in [5.74, 6) is 1.98. The molecule has 5 heteroatoms. The average molecular weight is 407 g/mol. The molecule has 3 aliphatic rings. The highest BCUT2D eigenvalue weighted by Gasteiger charge is 2.42. The summed E-state index contributed by atoms with van der Waals surface area (Å²) in [6, 6.07) is 18.6. The Balaban J connectivity index is 1.41. The Morgan fingerprint density at radius 3 is 2.45 bits per heavy atom. The molecule has 4 nitrogen and oxygen atoms in total. The molecule has 2 aliphatic heterocycles. The zero-order valence-electron chi connectivity index (χ0n) is 16.5. The number of carbonyl (C=O) groups excluding carboxylic acids is 2. The van der Waals surface area contributed by atoms with Gasteiger partial charge in [-0.2, -0.15) is 0 Å². The lowest BCUT2D eigenvalue weighted by Gasteiger charge is -2.38. The molecule has 2 amide bonds. The molecule has 2 heterocycles. The van der Waals surface area contributed by atoms with E-state index in [0.29, 0.717) is 24.7 Å². The molecule has 1 saturated heterocycles. The number of amides is 2. The van der Waals surface area contributed by atoms with Gasteiger partial charge in [0.05, 0.1) is 5.88 Å². The lowest BCUT2D eigenvalue weighted by atomic mass is 9.83. The van der Waals surface area contributed by atoms with Crippen molar-refractivity contribution in [3.05, 3.63) is 71.3 Å². The summed E-state index contributed by atoms with van der Waals surface area (Å²) in [7, 11) is 0. The number of nitrogens with zero attached hydrogens (tertiary/aromatic N) is 2. The molecule has 0 N–H and O–H groups in total. The fourth-order valence-electron chi connectivity index (χ4n) is 4.71. The molecule has 1 aliphatic carbocycles. The van der Waals surface area contributed by atoms with E-state index >= 15 is 0 Å². The number of fused-ring (bicyclic) bond motifs is 1. The van der Waals surface area contributed by atoms with Crippen molar-refractivity contribution in [1.82, 2.24) is 9.80 Å². The molecule has 0 radical (unpaired) electrons. The number of hydrogen-bond acceptors (Lipinski definition) is 3. The lowest BCUT2D eigenvalue weighted by Crippen LogP contribution is -2.52. The maximum Gasteiger partial charge on any atom is 0.246 e. The van der Waals surface area contributed by atoms with E-state index in [9.17, 15) is 9.59 Å². The van der Waals surface area contributed by atoms with Crippen molar-refractivity contribution >= 4 is 23.6 Å². The summed E-state index contributed by atoms with van der Waals surface area (Å²) in [6.07, 6.45) is 3.10. The van der Waals surface area contributed by atoms with Crippen molar-refractivity contribution in [2.75, 3.05) is 18.2 Å². The van der Waals surface area contributed by atoms with Gasteiger partial charge in [-0.25, -0.2) is 0 Å². The Hall–Kier alpha value is -2.27. The minimum absolute atomic E-state index is 0.109. The minimum Gasteiger partial charge on any atom is -0.336 e. The molecular formula is C24H26N2O2S. The Morgan fingerprint density at radius 2 is 1.69 bits per heavy atom. The van der Waals surface area contributed by atoms with Gasteiger partial charge in [0.25, 0.3) is 0 Å². The minimum atomic E-state index is -0.310. The van der Waals surface area contributed by atoms with Gasteiger partial charge in [0.15, 0.2) is 0 Å². The molecular weight excluding hydrogens is 380 g/mol. The van der Waals surface area contributed by atoms with Crippen LogP contribution in [-0.2, 0) is 16.1 Å². The van der Waals surface area contributed by atoms with E-state index in [-0.39, 0.29) is 29.7 Å². The lowest BCUT2D eigenvalue weighted by molar-refractivity contribution is -0.147. The molecule has 2 fully saturated rings. The summed E-state index contributed by atoms with van der Waals surface area (Å²) in [5.41, 5.74) is 3.76. The molecule has 5 rings (SSSR count). The first kappa shape index (κ1) is 18.7. The van der Waals surface area contributed by atoms with E-state index in [0.717, 1.165) is 19.3 Å². The van der Waals surface area contributed by atoms with Gasteiger partial charge in [-0.05, 0) is 29.5 Å².